The number of rotatable bonds is 8. The van der Waals surface area contributed by atoms with Gasteiger partial charge < -0.3 is 18.9 Å². The second kappa shape index (κ2) is 8.17. The molecule has 0 aromatic heterocycles. The standard InChI is InChI=1S/C20H30O7/c1-4-20(2,3)19(23)25-6-5-24-11-16(21)27-17-13-7-12-8-14(10-13)18(22)26-15(17)9-12/h12-15,17H,4-11H2,1-3H3. The first-order chi connectivity index (χ1) is 12.8. The van der Waals surface area contributed by atoms with Crippen LogP contribution in [0, 0.1) is 23.2 Å². The number of ether oxygens (including phenoxy) is 4. The van der Waals surface area contributed by atoms with Crippen molar-refractivity contribution >= 4 is 17.9 Å². The molecule has 4 bridgehead atoms. The summed E-state index contributed by atoms with van der Waals surface area (Å²) < 4.78 is 21.6. The molecule has 0 N–H and O–H groups in total. The maximum absolute atomic E-state index is 12.1. The molecule has 152 valence electrons. The molecular weight excluding hydrogens is 352 g/mol. The number of hydrogen-bond acceptors (Lipinski definition) is 7. The molecule has 0 spiro atoms. The van der Waals surface area contributed by atoms with Gasteiger partial charge in [0.05, 0.1) is 17.9 Å². The predicted octanol–water partition coefficient (Wildman–Crippen LogP) is 2.26. The van der Waals surface area contributed by atoms with Crippen LogP contribution >= 0.6 is 0 Å². The Balaban J connectivity index is 1.39. The zero-order chi connectivity index (χ0) is 19.6. The van der Waals surface area contributed by atoms with Gasteiger partial charge in [-0.1, -0.05) is 6.92 Å². The Bertz CT molecular complexity index is 585. The first-order valence-electron chi connectivity index (χ1n) is 9.95. The van der Waals surface area contributed by atoms with Gasteiger partial charge in [0.2, 0.25) is 0 Å². The smallest absolute Gasteiger partial charge is 0.332 e. The summed E-state index contributed by atoms with van der Waals surface area (Å²) in [7, 11) is 0. The summed E-state index contributed by atoms with van der Waals surface area (Å²) in [4.78, 5) is 36.0. The summed E-state index contributed by atoms with van der Waals surface area (Å²) in [5.74, 6) is -0.232. The minimum absolute atomic E-state index is 0.0410. The topological polar surface area (TPSA) is 88.1 Å². The van der Waals surface area contributed by atoms with E-state index in [9.17, 15) is 14.4 Å². The van der Waals surface area contributed by atoms with Crippen LogP contribution in [0.5, 0.6) is 0 Å². The third-order valence-corrected chi connectivity index (χ3v) is 6.22. The number of carbonyl (C=O) groups is 3. The van der Waals surface area contributed by atoms with Crippen LogP contribution in [0.2, 0.25) is 0 Å². The van der Waals surface area contributed by atoms with Gasteiger partial charge in [0, 0.05) is 5.92 Å². The number of esters is 3. The van der Waals surface area contributed by atoms with Gasteiger partial charge in [0.1, 0.15) is 25.4 Å². The molecule has 2 saturated carbocycles. The summed E-state index contributed by atoms with van der Waals surface area (Å²) in [5.41, 5.74) is -0.519. The van der Waals surface area contributed by atoms with Crippen molar-refractivity contribution < 1.29 is 33.3 Å². The van der Waals surface area contributed by atoms with E-state index >= 15 is 0 Å². The normalized spacial score (nSPS) is 32.0. The van der Waals surface area contributed by atoms with E-state index in [2.05, 4.69) is 0 Å². The molecule has 0 aromatic rings. The maximum Gasteiger partial charge on any atom is 0.332 e. The van der Waals surface area contributed by atoms with E-state index in [1.165, 1.54) is 0 Å². The lowest BCUT2D eigenvalue weighted by Gasteiger charge is -2.41. The number of hydrogen-bond donors (Lipinski definition) is 0. The van der Waals surface area contributed by atoms with Crippen molar-refractivity contribution in [2.75, 3.05) is 19.8 Å². The lowest BCUT2D eigenvalue weighted by Crippen LogP contribution is -2.45. The first-order valence-corrected chi connectivity index (χ1v) is 9.95. The van der Waals surface area contributed by atoms with Gasteiger partial charge in [-0.05, 0) is 51.9 Å². The summed E-state index contributed by atoms with van der Waals surface area (Å²) in [6.07, 6.45) is 3.42. The van der Waals surface area contributed by atoms with Gasteiger partial charge in [-0.3, -0.25) is 9.59 Å². The summed E-state index contributed by atoms with van der Waals surface area (Å²) in [5, 5.41) is 0. The Kier molecular flexibility index (Phi) is 6.08. The lowest BCUT2D eigenvalue weighted by atomic mass is 9.67. The molecule has 7 nitrogen and oxygen atoms in total. The third-order valence-electron chi connectivity index (χ3n) is 6.22. The minimum atomic E-state index is -0.519. The van der Waals surface area contributed by atoms with Crippen LogP contribution in [-0.2, 0) is 33.3 Å². The van der Waals surface area contributed by atoms with Gasteiger partial charge in [-0.2, -0.15) is 0 Å². The van der Waals surface area contributed by atoms with Crippen molar-refractivity contribution in [3.63, 3.8) is 0 Å². The molecule has 0 radical (unpaired) electrons. The zero-order valence-electron chi connectivity index (χ0n) is 16.4. The molecule has 0 aromatic carbocycles. The van der Waals surface area contributed by atoms with E-state index in [0.29, 0.717) is 12.3 Å². The highest BCUT2D eigenvalue weighted by Gasteiger charge is 2.51. The maximum atomic E-state index is 12.1. The first kappa shape index (κ1) is 20.1. The highest BCUT2D eigenvalue weighted by atomic mass is 16.6. The fourth-order valence-corrected chi connectivity index (χ4v) is 4.31. The fraction of sp³-hybridized carbons (Fsp3) is 0.850. The van der Waals surface area contributed by atoms with Gasteiger partial charge in [-0.15, -0.1) is 0 Å². The van der Waals surface area contributed by atoms with E-state index < -0.39 is 11.4 Å². The molecule has 5 atom stereocenters. The Hall–Kier alpha value is -1.63. The molecule has 2 heterocycles. The molecular formula is C20H30O7. The second-order valence-corrected chi connectivity index (χ2v) is 8.62. The highest BCUT2D eigenvalue weighted by molar-refractivity contribution is 5.76. The van der Waals surface area contributed by atoms with E-state index in [1.807, 2.05) is 20.8 Å². The average Bonchev–Trinajstić information content (AvgIpc) is 2.79. The van der Waals surface area contributed by atoms with Crippen LogP contribution in [0.3, 0.4) is 0 Å². The fourth-order valence-electron chi connectivity index (χ4n) is 4.31. The van der Waals surface area contributed by atoms with E-state index in [-0.39, 0.29) is 55.8 Å². The van der Waals surface area contributed by atoms with Gasteiger partial charge >= 0.3 is 17.9 Å². The zero-order valence-corrected chi connectivity index (χ0v) is 16.4. The summed E-state index contributed by atoms with van der Waals surface area (Å²) >= 11 is 0. The van der Waals surface area contributed by atoms with Gasteiger partial charge in [0.25, 0.3) is 0 Å². The van der Waals surface area contributed by atoms with Crippen molar-refractivity contribution in [1.82, 2.24) is 0 Å². The van der Waals surface area contributed by atoms with Crippen LogP contribution in [-0.4, -0.2) is 49.9 Å². The monoisotopic (exact) mass is 382 g/mol. The highest BCUT2D eigenvalue weighted by Crippen LogP contribution is 2.48. The molecule has 2 saturated heterocycles. The summed E-state index contributed by atoms with van der Waals surface area (Å²) in [6, 6.07) is 0. The predicted molar refractivity (Wildman–Crippen MR) is 94.5 cm³/mol. The summed E-state index contributed by atoms with van der Waals surface area (Å²) in [6.45, 7) is 5.62. The molecule has 0 amide bonds. The van der Waals surface area contributed by atoms with Crippen LogP contribution in [0.1, 0.15) is 52.9 Å². The van der Waals surface area contributed by atoms with Crippen molar-refractivity contribution in [3.05, 3.63) is 0 Å². The van der Waals surface area contributed by atoms with Crippen molar-refractivity contribution in [2.24, 2.45) is 23.2 Å². The molecule has 2 aliphatic heterocycles. The van der Waals surface area contributed by atoms with Crippen LogP contribution in [0.25, 0.3) is 0 Å². The van der Waals surface area contributed by atoms with Gasteiger partial charge in [-0.25, -0.2) is 4.79 Å². The van der Waals surface area contributed by atoms with E-state index in [0.717, 1.165) is 25.7 Å². The molecule has 7 heteroatoms. The largest absolute Gasteiger partial charge is 0.463 e. The number of carbonyl (C=O) groups excluding carboxylic acids is 3. The minimum Gasteiger partial charge on any atom is -0.463 e. The van der Waals surface area contributed by atoms with Crippen molar-refractivity contribution in [1.29, 1.82) is 0 Å². The Labute approximate surface area is 160 Å². The van der Waals surface area contributed by atoms with Crippen LogP contribution in [0.15, 0.2) is 0 Å². The molecule has 2 aliphatic carbocycles. The lowest BCUT2D eigenvalue weighted by molar-refractivity contribution is -0.176. The number of fused-ring (bicyclic) bond motifs is 1. The average molecular weight is 382 g/mol. The van der Waals surface area contributed by atoms with Gasteiger partial charge in [0.15, 0.2) is 0 Å². The molecule has 4 fully saturated rings. The Morgan fingerprint density at radius 1 is 1.15 bits per heavy atom. The molecule has 4 rings (SSSR count). The van der Waals surface area contributed by atoms with Crippen molar-refractivity contribution in [2.45, 2.75) is 65.1 Å². The van der Waals surface area contributed by atoms with Crippen LogP contribution in [0.4, 0.5) is 0 Å². The Morgan fingerprint density at radius 3 is 2.67 bits per heavy atom. The Morgan fingerprint density at radius 2 is 1.93 bits per heavy atom. The van der Waals surface area contributed by atoms with Crippen molar-refractivity contribution in [3.8, 4) is 0 Å². The SMILES string of the molecule is CCC(C)(C)C(=O)OCCOCC(=O)OC1C2CC3CC(C2)C(=O)OC1C3. The molecule has 5 unspecified atom stereocenters. The molecule has 27 heavy (non-hydrogen) atoms. The van der Waals surface area contributed by atoms with E-state index in [1.54, 1.807) is 0 Å². The van der Waals surface area contributed by atoms with E-state index in [4.69, 9.17) is 18.9 Å². The molecule has 4 aliphatic rings. The van der Waals surface area contributed by atoms with Crippen LogP contribution < -0.4 is 0 Å². The third kappa shape index (κ3) is 4.62. The second-order valence-electron chi connectivity index (χ2n) is 8.62. The quantitative estimate of drug-likeness (QED) is 0.361.